The molecule has 3 aromatic carbocycles. The van der Waals surface area contributed by atoms with Crippen LogP contribution in [-0.4, -0.2) is 26.1 Å². The van der Waals surface area contributed by atoms with Crippen LogP contribution in [0, 0.1) is 5.82 Å². The van der Waals surface area contributed by atoms with Gasteiger partial charge in [-0.2, -0.15) is 0 Å². The molecule has 0 saturated carbocycles. The van der Waals surface area contributed by atoms with Gasteiger partial charge >= 0.3 is 5.97 Å². The van der Waals surface area contributed by atoms with E-state index in [-0.39, 0.29) is 11.4 Å². The summed E-state index contributed by atoms with van der Waals surface area (Å²) < 4.78 is 50.1. The minimum absolute atomic E-state index is 0.0502. The molecule has 1 aromatic heterocycles. The van der Waals surface area contributed by atoms with Crippen molar-refractivity contribution in [3.8, 4) is 0 Å². The topological polar surface area (TPSA) is 85.7 Å². The number of methoxy groups -OCH3 is 1. The molecule has 194 valence electrons. The number of anilines is 1. The molecule has 5 rings (SSSR count). The van der Waals surface area contributed by atoms with Crippen molar-refractivity contribution in [2.45, 2.75) is 17.0 Å². The Labute approximate surface area is 227 Å². The van der Waals surface area contributed by atoms with Crippen molar-refractivity contribution in [3.63, 3.8) is 0 Å². The molecule has 0 spiro atoms. The second-order valence-corrected chi connectivity index (χ2v) is 11.2. The Balaban J connectivity index is 1.87. The minimum atomic E-state index is -4.57. The van der Waals surface area contributed by atoms with Gasteiger partial charge in [-0.15, -0.1) is 0 Å². The average Bonchev–Trinajstić information content (AvgIpc) is 3.26. The van der Waals surface area contributed by atoms with Crippen LogP contribution in [0.1, 0.15) is 33.6 Å². The molecule has 0 fully saturated rings. The molecule has 1 aliphatic rings. The normalized spacial score (nSPS) is 16.8. The third-order valence-corrected chi connectivity index (χ3v) is 8.68. The molecule has 11 heteroatoms. The van der Waals surface area contributed by atoms with E-state index in [0.29, 0.717) is 21.2 Å². The summed E-state index contributed by atoms with van der Waals surface area (Å²) in [5.41, 5.74) is -0.0300. The van der Waals surface area contributed by atoms with E-state index in [1.807, 2.05) is 0 Å². The zero-order valence-corrected chi connectivity index (χ0v) is 22.0. The highest BCUT2D eigenvalue weighted by Gasteiger charge is 2.48. The van der Waals surface area contributed by atoms with Gasteiger partial charge in [-0.3, -0.25) is 9.36 Å². The first-order valence-electron chi connectivity index (χ1n) is 11.3. The third kappa shape index (κ3) is 4.26. The summed E-state index contributed by atoms with van der Waals surface area (Å²) in [4.78, 5) is 25.6. The van der Waals surface area contributed by atoms with Crippen molar-refractivity contribution >= 4 is 45.0 Å². The molecular formula is C27H19Cl2FN2O5S. The Morgan fingerprint density at radius 1 is 0.842 bits per heavy atom. The van der Waals surface area contributed by atoms with Crippen molar-refractivity contribution in [2.24, 2.45) is 0 Å². The van der Waals surface area contributed by atoms with E-state index in [2.05, 4.69) is 0 Å². The van der Waals surface area contributed by atoms with Crippen LogP contribution in [0.3, 0.4) is 0 Å². The van der Waals surface area contributed by atoms with Gasteiger partial charge in [0.05, 0.1) is 19.2 Å². The standard InChI is InChI=1S/C27H19Cl2FN2O5S/c1-37-27(34)20-14-15-23-31(26(20)33)24(16-6-10-18(28)11-7-16)25(17-8-12-19(29)13-9-17)32(23)38(35,36)22-5-3-2-4-21(22)30/h2-15,24-25H,1H3/t24-,25+/m0/s1. The summed E-state index contributed by atoms with van der Waals surface area (Å²) in [5.74, 6) is -1.87. The number of pyridine rings is 1. The van der Waals surface area contributed by atoms with Crippen molar-refractivity contribution in [1.29, 1.82) is 0 Å². The molecule has 0 N–H and O–H groups in total. The number of halogens is 3. The van der Waals surface area contributed by atoms with Crippen molar-refractivity contribution in [2.75, 3.05) is 11.4 Å². The number of aromatic nitrogens is 1. The number of benzene rings is 3. The van der Waals surface area contributed by atoms with Gasteiger partial charge in [0, 0.05) is 10.0 Å². The Bertz CT molecular complexity index is 1710. The highest BCUT2D eigenvalue weighted by Crippen LogP contribution is 2.49. The zero-order chi connectivity index (χ0) is 27.2. The first-order valence-corrected chi connectivity index (χ1v) is 13.5. The molecule has 0 amide bonds. The van der Waals surface area contributed by atoms with Gasteiger partial charge < -0.3 is 4.74 Å². The molecule has 1 aliphatic heterocycles. The van der Waals surface area contributed by atoms with Gasteiger partial charge in [0.1, 0.15) is 22.1 Å². The second kappa shape index (κ2) is 9.90. The van der Waals surface area contributed by atoms with Crippen LogP contribution in [0.25, 0.3) is 0 Å². The Morgan fingerprint density at radius 3 is 1.95 bits per heavy atom. The summed E-state index contributed by atoms with van der Waals surface area (Å²) in [6, 6.07) is 18.5. The van der Waals surface area contributed by atoms with Crippen LogP contribution in [0.5, 0.6) is 0 Å². The lowest BCUT2D eigenvalue weighted by Crippen LogP contribution is -2.34. The Morgan fingerprint density at radius 2 is 1.39 bits per heavy atom. The fourth-order valence-electron chi connectivity index (χ4n) is 4.67. The molecular weight excluding hydrogens is 554 g/mol. The van der Waals surface area contributed by atoms with Crippen LogP contribution >= 0.6 is 23.2 Å². The van der Waals surface area contributed by atoms with E-state index in [4.69, 9.17) is 27.9 Å². The molecule has 2 atom stereocenters. The van der Waals surface area contributed by atoms with Crippen LogP contribution in [-0.2, 0) is 14.8 Å². The quantitative estimate of drug-likeness (QED) is 0.290. The fourth-order valence-corrected chi connectivity index (χ4v) is 6.63. The van der Waals surface area contributed by atoms with Crippen LogP contribution in [0.15, 0.2) is 94.6 Å². The largest absolute Gasteiger partial charge is 0.465 e. The number of fused-ring (bicyclic) bond motifs is 1. The number of hydrogen-bond donors (Lipinski definition) is 0. The maximum absolute atomic E-state index is 14.9. The molecule has 38 heavy (non-hydrogen) atoms. The number of sulfonamides is 1. The van der Waals surface area contributed by atoms with Gasteiger partial charge in [0.2, 0.25) is 0 Å². The molecule has 4 aromatic rings. The molecule has 0 aliphatic carbocycles. The predicted octanol–water partition coefficient (Wildman–Crippen LogP) is 5.62. The molecule has 0 bridgehead atoms. The van der Waals surface area contributed by atoms with Gasteiger partial charge in [-0.25, -0.2) is 21.9 Å². The number of hydrogen-bond acceptors (Lipinski definition) is 5. The average molecular weight is 573 g/mol. The minimum Gasteiger partial charge on any atom is -0.465 e. The number of rotatable bonds is 5. The van der Waals surface area contributed by atoms with Crippen LogP contribution in [0.4, 0.5) is 10.2 Å². The van der Waals surface area contributed by atoms with Crippen LogP contribution < -0.4 is 9.86 Å². The fraction of sp³-hybridized carbons (Fsp3) is 0.111. The first-order chi connectivity index (χ1) is 18.1. The number of esters is 1. The molecule has 0 unspecified atom stereocenters. The van der Waals surface area contributed by atoms with E-state index in [1.165, 1.54) is 28.8 Å². The van der Waals surface area contributed by atoms with Gasteiger partial charge in [-0.05, 0) is 59.7 Å². The van der Waals surface area contributed by atoms with Crippen LogP contribution in [0.2, 0.25) is 10.0 Å². The van der Waals surface area contributed by atoms with E-state index in [1.54, 1.807) is 48.5 Å². The summed E-state index contributed by atoms with van der Waals surface area (Å²) in [5, 5.41) is 0.850. The maximum Gasteiger partial charge on any atom is 0.343 e. The summed E-state index contributed by atoms with van der Waals surface area (Å²) in [7, 11) is -3.43. The monoisotopic (exact) mass is 572 g/mol. The summed E-state index contributed by atoms with van der Waals surface area (Å²) >= 11 is 12.2. The molecule has 0 radical (unpaired) electrons. The van der Waals surface area contributed by atoms with E-state index in [9.17, 15) is 22.4 Å². The van der Waals surface area contributed by atoms with Crippen molar-refractivity contribution < 1.29 is 22.3 Å². The molecule has 2 heterocycles. The highest BCUT2D eigenvalue weighted by molar-refractivity contribution is 7.92. The highest BCUT2D eigenvalue weighted by atomic mass is 35.5. The maximum atomic E-state index is 14.9. The SMILES string of the molecule is COC(=O)c1ccc2n(c1=O)[C@@H](c1ccc(Cl)cc1)[C@@H](c1ccc(Cl)cc1)N2S(=O)(=O)c1ccccc1F. The molecule has 0 saturated heterocycles. The smallest absolute Gasteiger partial charge is 0.343 e. The third-order valence-electron chi connectivity index (χ3n) is 6.35. The lowest BCUT2D eigenvalue weighted by molar-refractivity contribution is 0.0598. The molecule has 7 nitrogen and oxygen atoms in total. The summed E-state index contributed by atoms with van der Waals surface area (Å²) in [6.07, 6.45) is 0. The van der Waals surface area contributed by atoms with E-state index in [0.717, 1.165) is 23.5 Å². The lowest BCUT2D eigenvalue weighted by atomic mass is 9.94. The van der Waals surface area contributed by atoms with Gasteiger partial charge in [0.15, 0.2) is 0 Å². The van der Waals surface area contributed by atoms with Crippen molar-refractivity contribution in [3.05, 3.63) is 128 Å². The Kier molecular flexibility index (Phi) is 6.77. The van der Waals surface area contributed by atoms with Crippen molar-refractivity contribution in [1.82, 2.24) is 4.57 Å². The summed E-state index contributed by atoms with van der Waals surface area (Å²) in [6.45, 7) is 0. The van der Waals surface area contributed by atoms with E-state index >= 15 is 0 Å². The zero-order valence-electron chi connectivity index (χ0n) is 19.7. The second-order valence-electron chi connectivity index (χ2n) is 8.50. The Hall–Kier alpha value is -3.66. The number of nitrogens with zero attached hydrogens (tertiary/aromatic N) is 2. The van der Waals surface area contributed by atoms with Gasteiger partial charge in [-0.1, -0.05) is 59.6 Å². The number of carbonyl (C=O) groups is 1. The number of carbonyl (C=O) groups excluding carboxylic acids is 1. The first kappa shape index (κ1) is 26.0. The van der Waals surface area contributed by atoms with Gasteiger partial charge in [0.25, 0.3) is 15.6 Å². The lowest BCUT2D eigenvalue weighted by Gasteiger charge is -2.29. The predicted molar refractivity (Wildman–Crippen MR) is 142 cm³/mol. The number of ether oxygens (including phenoxy) is 1. The van der Waals surface area contributed by atoms with E-state index < -0.39 is 44.3 Å².